The van der Waals surface area contributed by atoms with Crippen LogP contribution in [0.4, 0.5) is 0 Å². The van der Waals surface area contributed by atoms with Gasteiger partial charge in [0.1, 0.15) is 11.7 Å². The molecule has 0 bridgehead atoms. The van der Waals surface area contributed by atoms with Crippen molar-refractivity contribution in [1.29, 1.82) is 0 Å². The third kappa shape index (κ3) is 6.15. The smallest absolute Gasteiger partial charge is 0.268 e. The Morgan fingerprint density at radius 2 is 1.83 bits per heavy atom. The number of aromatic amines is 1. The van der Waals surface area contributed by atoms with E-state index in [0.29, 0.717) is 24.6 Å². The number of fused-ring (bicyclic) bond motifs is 1. The molecule has 1 saturated carbocycles. The molecule has 3 aromatic rings. The van der Waals surface area contributed by atoms with Gasteiger partial charge in [-0.2, -0.15) is 0 Å². The summed E-state index contributed by atoms with van der Waals surface area (Å²) in [6.07, 6.45) is 4.07. The topological polar surface area (TPSA) is 89.3 Å². The van der Waals surface area contributed by atoms with Gasteiger partial charge in [0, 0.05) is 50.2 Å². The summed E-state index contributed by atoms with van der Waals surface area (Å²) in [5.41, 5.74) is 4.71. The van der Waals surface area contributed by atoms with Crippen molar-refractivity contribution in [2.75, 3.05) is 26.2 Å². The summed E-state index contributed by atoms with van der Waals surface area (Å²) in [6.45, 7) is 7.49. The molecule has 36 heavy (non-hydrogen) atoms. The van der Waals surface area contributed by atoms with Crippen LogP contribution in [0.15, 0.2) is 48.5 Å². The van der Waals surface area contributed by atoms with Crippen molar-refractivity contribution in [3.63, 3.8) is 0 Å². The van der Waals surface area contributed by atoms with Gasteiger partial charge in [-0.15, -0.1) is 0 Å². The highest BCUT2D eigenvalue weighted by Crippen LogP contribution is 2.34. The highest BCUT2D eigenvalue weighted by atomic mass is 16.2. The van der Waals surface area contributed by atoms with Crippen molar-refractivity contribution < 1.29 is 9.59 Å². The molecule has 5 rings (SSSR count). The molecule has 1 aromatic heterocycles. The van der Waals surface area contributed by atoms with Gasteiger partial charge in [-0.25, -0.2) is 0 Å². The predicted octanol–water partition coefficient (Wildman–Crippen LogP) is 3.49. The lowest BCUT2D eigenvalue weighted by Crippen LogP contribution is -2.46. The number of hydrogen-bond donors (Lipinski definition) is 4. The Hall–Kier alpha value is -3.16. The van der Waals surface area contributed by atoms with Crippen LogP contribution >= 0.6 is 0 Å². The predicted molar refractivity (Wildman–Crippen MR) is 143 cm³/mol. The third-order valence-corrected chi connectivity index (χ3v) is 7.45. The average Bonchev–Trinajstić information content (AvgIpc) is 3.67. The standard InChI is InChI=1S/C29H37N5O2/c1-20-24-7-2-3-8-25(24)32-27(20)29(36)33-26(12-11-21-9-10-21)28(35)31-18-22-5-4-6-23(17-22)19-34-15-13-30-14-16-34/h2-8,17,21,26,30,32H,9-16,18-19H2,1H3,(H,31,35)(H,33,36)/t26-/m0/s1. The number of benzene rings is 2. The fourth-order valence-corrected chi connectivity index (χ4v) is 5.10. The van der Waals surface area contributed by atoms with Crippen LogP contribution in [0.1, 0.15) is 52.9 Å². The van der Waals surface area contributed by atoms with Crippen molar-refractivity contribution in [1.82, 2.24) is 25.8 Å². The first kappa shape index (κ1) is 24.5. The zero-order chi connectivity index (χ0) is 24.9. The van der Waals surface area contributed by atoms with Crippen LogP contribution in [0.2, 0.25) is 0 Å². The number of H-pyrrole nitrogens is 1. The highest BCUT2D eigenvalue weighted by Gasteiger charge is 2.27. The lowest BCUT2D eigenvalue weighted by atomic mass is 10.1. The maximum Gasteiger partial charge on any atom is 0.268 e. The van der Waals surface area contributed by atoms with E-state index in [1.54, 1.807) is 0 Å². The third-order valence-electron chi connectivity index (χ3n) is 7.45. The molecule has 2 aliphatic rings. The fourth-order valence-electron chi connectivity index (χ4n) is 5.10. The first-order valence-electron chi connectivity index (χ1n) is 13.2. The first-order valence-corrected chi connectivity index (χ1v) is 13.2. The Kier molecular flexibility index (Phi) is 7.68. The second-order valence-corrected chi connectivity index (χ2v) is 10.3. The summed E-state index contributed by atoms with van der Waals surface area (Å²) in [4.78, 5) is 32.1. The van der Waals surface area contributed by atoms with Gasteiger partial charge in [-0.3, -0.25) is 14.5 Å². The van der Waals surface area contributed by atoms with E-state index < -0.39 is 6.04 Å². The van der Waals surface area contributed by atoms with Gasteiger partial charge in [0.05, 0.1) is 0 Å². The summed E-state index contributed by atoms with van der Waals surface area (Å²) < 4.78 is 0. The van der Waals surface area contributed by atoms with Gasteiger partial charge >= 0.3 is 0 Å². The molecule has 2 aromatic carbocycles. The Morgan fingerprint density at radius 3 is 2.61 bits per heavy atom. The number of aromatic nitrogens is 1. The molecular weight excluding hydrogens is 450 g/mol. The van der Waals surface area contributed by atoms with E-state index in [1.807, 2.05) is 37.3 Å². The van der Waals surface area contributed by atoms with Crippen molar-refractivity contribution in [3.05, 3.63) is 70.9 Å². The Morgan fingerprint density at radius 1 is 1.06 bits per heavy atom. The molecular formula is C29H37N5O2. The summed E-state index contributed by atoms with van der Waals surface area (Å²) in [5.74, 6) is 0.344. The largest absolute Gasteiger partial charge is 0.350 e. The number of rotatable bonds is 10. The van der Waals surface area contributed by atoms with Gasteiger partial charge in [-0.05, 0) is 48.4 Å². The minimum atomic E-state index is -0.548. The van der Waals surface area contributed by atoms with Crippen molar-refractivity contribution in [2.45, 2.75) is 51.7 Å². The number of amides is 2. The first-order chi connectivity index (χ1) is 17.6. The van der Waals surface area contributed by atoms with Crippen LogP contribution in [0.5, 0.6) is 0 Å². The monoisotopic (exact) mass is 487 g/mol. The van der Waals surface area contributed by atoms with E-state index in [1.165, 1.54) is 18.4 Å². The van der Waals surface area contributed by atoms with Crippen molar-refractivity contribution in [2.24, 2.45) is 5.92 Å². The maximum atomic E-state index is 13.2. The Labute approximate surface area is 213 Å². The van der Waals surface area contributed by atoms with Gasteiger partial charge < -0.3 is 20.9 Å². The van der Waals surface area contributed by atoms with Gasteiger partial charge in [0.15, 0.2) is 0 Å². The number of aryl methyl sites for hydroxylation is 1. The molecule has 1 saturated heterocycles. The van der Waals surface area contributed by atoms with E-state index in [9.17, 15) is 9.59 Å². The number of piperazine rings is 1. The zero-order valence-corrected chi connectivity index (χ0v) is 21.1. The molecule has 2 amide bonds. The number of nitrogens with zero attached hydrogens (tertiary/aromatic N) is 1. The zero-order valence-electron chi connectivity index (χ0n) is 21.1. The minimum Gasteiger partial charge on any atom is -0.350 e. The molecule has 4 N–H and O–H groups in total. The summed E-state index contributed by atoms with van der Waals surface area (Å²) >= 11 is 0. The Balaban J connectivity index is 1.22. The van der Waals surface area contributed by atoms with Gasteiger partial charge in [0.2, 0.25) is 5.91 Å². The fraction of sp³-hybridized carbons (Fsp3) is 0.448. The molecule has 0 unspecified atom stereocenters. The second-order valence-electron chi connectivity index (χ2n) is 10.3. The average molecular weight is 488 g/mol. The van der Waals surface area contributed by atoms with Crippen LogP contribution in [0.3, 0.4) is 0 Å². The quantitative estimate of drug-likeness (QED) is 0.353. The van der Waals surface area contributed by atoms with Crippen molar-refractivity contribution in [3.8, 4) is 0 Å². The lowest BCUT2D eigenvalue weighted by molar-refractivity contribution is -0.123. The molecule has 1 aliphatic carbocycles. The van der Waals surface area contributed by atoms with E-state index in [-0.39, 0.29) is 11.8 Å². The molecule has 0 radical (unpaired) electrons. The van der Waals surface area contributed by atoms with Crippen LogP contribution in [0.25, 0.3) is 10.9 Å². The van der Waals surface area contributed by atoms with Gasteiger partial charge in [-0.1, -0.05) is 55.3 Å². The molecule has 2 heterocycles. The minimum absolute atomic E-state index is 0.120. The summed E-state index contributed by atoms with van der Waals surface area (Å²) in [5, 5.41) is 10.5. The molecule has 1 aliphatic heterocycles. The SMILES string of the molecule is Cc1c(C(=O)N[C@@H](CCC2CC2)C(=O)NCc2cccc(CN3CCNCC3)c2)[nH]c2ccccc12. The summed E-state index contributed by atoms with van der Waals surface area (Å²) in [6, 6.07) is 15.8. The normalized spacial score (nSPS) is 17.1. The van der Waals surface area contributed by atoms with E-state index in [4.69, 9.17) is 0 Å². The molecule has 2 fully saturated rings. The van der Waals surface area contributed by atoms with Crippen LogP contribution in [0, 0.1) is 12.8 Å². The van der Waals surface area contributed by atoms with E-state index >= 15 is 0 Å². The van der Waals surface area contributed by atoms with Gasteiger partial charge in [0.25, 0.3) is 5.91 Å². The number of nitrogens with one attached hydrogen (secondary N) is 4. The number of carbonyl (C=O) groups is 2. The van der Waals surface area contributed by atoms with Crippen LogP contribution < -0.4 is 16.0 Å². The van der Waals surface area contributed by atoms with E-state index in [2.05, 4.69) is 44.0 Å². The number of para-hydroxylation sites is 1. The second kappa shape index (κ2) is 11.3. The van der Waals surface area contributed by atoms with Crippen LogP contribution in [-0.4, -0.2) is 53.9 Å². The molecule has 190 valence electrons. The lowest BCUT2D eigenvalue weighted by Gasteiger charge is -2.27. The molecule has 7 nitrogen and oxygen atoms in total. The van der Waals surface area contributed by atoms with Crippen molar-refractivity contribution >= 4 is 22.7 Å². The highest BCUT2D eigenvalue weighted by molar-refractivity contribution is 6.02. The Bertz CT molecular complexity index is 1210. The molecule has 0 spiro atoms. The number of hydrogen-bond acceptors (Lipinski definition) is 4. The number of carbonyl (C=O) groups excluding carboxylic acids is 2. The van der Waals surface area contributed by atoms with Crippen LogP contribution in [-0.2, 0) is 17.9 Å². The molecule has 1 atom stereocenters. The van der Waals surface area contributed by atoms with E-state index in [0.717, 1.165) is 61.2 Å². The molecule has 7 heteroatoms. The summed E-state index contributed by atoms with van der Waals surface area (Å²) in [7, 11) is 0. The maximum absolute atomic E-state index is 13.2.